The molecular formula is C19H29ClN2O3. The summed E-state index contributed by atoms with van der Waals surface area (Å²) in [6.45, 7) is 3.38. The summed E-state index contributed by atoms with van der Waals surface area (Å²) in [5.74, 6) is 1.15. The number of amides is 1. The molecule has 1 fully saturated rings. The molecule has 0 aromatic heterocycles. The van der Waals surface area contributed by atoms with E-state index in [-0.39, 0.29) is 11.3 Å². The Bertz CT molecular complexity index is 586. The van der Waals surface area contributed by atoms with Crippen LogP contribution in [-0.4, -0.2) is 26.2 Å². The fourth-order valence-corrected chi connectivity index (χ4v) is 3.81. The number of nitrogens with two attached hydrogens (primary N) is 1. The van der Waals surface area contributed by atoms with Crippen molar-refractivity contribution in [3.8, 4) is 11.5 Å². The Labute approximate surface area is 155 Å². The molecule has 1 aromatic carbocycles. The average molecular weight is 369 g/mol. The van der Waals surface area contributed by atoms with E-state index in [9.17, 15) is 4.79 Å². The molecule has 0 saturated heterocycles. The summed E-state index contributed by atoms with van der Waals surface area (Å²) in [5.41, 5.74) is 6.82. The highest BCUT2D eigenvalue weighted by molar-refractivity contribution is 6.32. The Morgan fingerprint density at radius 1 is 1.32 bits per heavy atom. The number of ether oxygens (including phenoxy) is 2. The molecule has 0 unspecified atom stereocenters. The molecule has 1 aromatic rings. The van der Waals surface area contributed by atoms with E-state index in [1.807, 2.05) is 13.0 Å². The van der Waals surface area contributed by atoms with Crippen molar-refractivity contribution in [3.63, 3.8) is 0 Å². The van der Waals surface area contributed by atoms with Gasteiger partial charge in [-0.05, 0) is 49.4 Å². The van der Waals surface area contributed by atoms with Gasteiger partial charge in [0.2, 0.25) is 5.91 Å². The maximum Gasteiger partial charge on any atom is 0.220 e. The van der Waals surface area contributed by atoms with Gasteiger partial charge in [0.25, 0.3) is 0 Å². The third-order valence-corrected chi connectivity index (χ3v) is 5.23. The third kappa shape index (κ3) is 5.25. The minimum Gasteiger partial charge on any atom is -0.493 e. The molecule has 1 saturated carbocycles. The lowest BCUT2D eigenvalue weighted by Crippen LogP contribution is -2.38. The van der Waals surface area contributed by atoms with E-state index in [4.69, 9.17) is 26.8 Å². The minimum absolute atomic E-state index is 0.0313. The maximum atomic E-state index is 12.4. The highest BCUT2D eigenvalue weighted by Gasteiger charge is 2.32. The van der Waals surface area contributed by atoms with Crippen molar-refractivity contribution in [1.29, 1.82) is 0 Å². The van der Waals surface area contributed by atoms with Gasteiger partial charge in [0.1, 0.15) is 0 Å². The Balaban J connectivity index is 1.98. The lowest BCUT2D eigenvalue weighted by molar-refractivity contribution is -0.124. The molecule has 0 heterocycles. The van der Waals surface area contributed by atoms with Crippen LogP contribution in [0, 0.1) is 5.41 Å². The zero-order valence-corrected chi connectivity index (χ0v) is 16.0. The van der Waals surface area contributed by atoms with Crippen LogP contribution >= 0.6 is 11.6 Å². The number of halogens is 1. The summed E-state index contributed by atoms with van der Waals surface area (Å²) in [6.07, 6.45) is 6.14. The molecule has 1 amide bonds. The van der Waals surface area contributed by atoms with E-state index in [1.165, 1.54) is 6.42 Å². The Morgan fingerprint density at radius 2 is 2.04 bits per heavy atom. The van der Waals surface area contributed by atoms with E-state index in [0.717, 1.165) is 31.2 Å². The third-order valence-electron chi connectivity index (χ3n) is 4.95. The molecule has 0 atom stereocenters. The second-order valence-corrected chi connectivity index (χ2v) is 7.17. The number of hydrogen-bond donors (Lipinski definition) is 2. The number of rotatable bonds is 8. The van der Waals surface area contributed by atoms with Crippen LogP contribution in [0.1, 0.15) is 51.0 Å². The normalized spacial score (nSPS) is 16.3. The van der Waals surface area contributed by atoms with Crippen molar-refractivity contribution in [2.45, 2.75) is 52.0 Å². The Morgan fingerprint density at radius 3 is 2.64 bits per heavy atom. The lowest BCUT2D eigenvalue weighted by atomic mass is 9.71. The molecular weight excluding hydrogens is 340 g/mol. The Hall–Kier alpha value is -1.46. The SMILES string of the molecule is CCOc1c(Cl)cc(CNC(=O)CC2(CN)CCCCC2)cc1OC. The quantitative estimate of drug-likeness (QED) is 0.734. The second kappa shape index (κ2) is 9.30. The number of carbonyl (C=O) groups is 1. The smallest absolute Gasteiger partial charge is 0.220 e. The Kier molecular flexibility index (Phi) is 7.38. The highest BCUT2D eigenvalue weighted by atomic mass is 35.5. The number of benzene rings is 1. The number of methoxy groups -OCH3 is 1. The van der Waals surface area contributed by atoms with Crippen molar-refractivity contribution in [1.82, 2.24) is 5.32 Å². The summed E-state index contributed by atoms with van der Waals surface area (Å²) >= 11 is 6.27. The van der Waals surface area contributed by atoms with Crippen LogP contribution in [0.2, 0.25) is 5.02 Å². The molecule has 0 spiro atoms. The summed E-state index contributed by atoms with van der Waals surface area (Å²) in [6, 6.07) is 3.64. The minimum atomic E-state index is -0.0313. The van der Waals surface area contributed by atoms with Crippen molar-refractivity contribution in [3.05, 3.63) is 22.7 Å². The van der Waals surface area contributed by atoms with Gasteiger partial charge in [0.05, 0.1) is 18.7 Å². The first kappa shape index (κ1) is 19.9. The summed E-state index contributed by atoms with van der Waals surface area (Å²) in [4.78, 5) is 12.4. The first-order chi connectivity index (χ1) is 12.0. The number of carbonyl (C=O) groups excluding carboxylic acids is 1. The largest absolute Gasteiger partial charge is 0.493 e. The fourth-order valence-electron chi connectivity index (χ4n) is 3.52. The predicted molar refractivity (Wildman–Crippen MR) is 100 cm³/mol. The molecule has 2 rings (SSSR count). The van der Waals surface area contributed by atoms with Crippen LogP contribution in [0.3, 0.4) is 0 Å². The van der Waals surface area contributed by atoms with Gasteiger partial charge in [-0.1, -0.05) is 30.9 Å². The molecule has 5 nitrogen and oxygen atoms in total. The maximum absolute atomic E-state index is 12.4. The summed E-state index contributed by atoms with van der Waals surface area (Å²) < 4.78 is 10.9. The van der Waals surface area contributed by atoms with Crippen molar-refractivity contribution < 1.29 is 14.3 Å². The van der Waals surface area contributed by atoms with Gasteiger partial charge in [-0.3, -0.25) is 4.79 Å². The molecule has 3 N–H and O–H groups in total. The topological polar surface area (TPSA) is 73.6 Å². The van der Waals surface area contributed by atoms with Crippen molar-refractivity contribution in [2.75, 3.05) is 20.3 Å². The predicted octanol–water partition coefficient (Wildman–Crippen LogP) is 3.66. The van der Waals surface area contributed by atoms with Gasteiger partial charge in [0.15, 0.2) is 11.5 Å². The van der Waals surface area contributed by atoms with Gasteiger partial charge in [0, 0.05) is 13.0 Å². The average Bonchev–Trinajstić information content (AvgIpc) is 2.62. The number of hydrogen-bond acceptors (Lipinski definition) is 4. The molecule has 0 aliphatic heterocycles. The molecule has 140 valence electrons. The summed E-state index contributed by atoms with van der Waals surface area (Å²) in [5, 5.41) is 3.47. The zero-order chi connectivity index (χ0) is 18.3. The van der Waals surface area contributed by atoms with Crippen LogP contribution in [0.15, 0.2) is 12.1 Å². The van der Waals surface area contributed by atoms with Crippen molar-refractivity contribution >= 4 is 17.5 Å². The first-order valence-corrected chi connectivity index (χ1v) is 9.37. The van der Waals surface area contributed by atoms with Gasteiger partial charge in [-0.15, -0.1) is 0 Å². The van der Waals surface area contributed by atoms with Crippen LogP contribution in [0.4, 0.5) is 0 Å². The van der Waals surface area contributed by atoms with E-state index in [0.29, 0.717) is 42.6 Å². The molecule has 6 heteroatoms. The van der Waals surface area contributed by atoms with E-state index >= 15 is 0 Å². The second-order valence-electron chi connectivity index (χ2n) is 6.76. The summed E-state index contributed by atoms with van der Waals surface area (Å²) in [7, 11) is 1.57. The molecule has 1 aliphatic rings. The van der Waals surface area contributed by atoms with E-state index < -0.39 is 0 Å². The van der Waals surface area contributed by atoms with Crippen LogP contribution in [-0.2, 0) is 11.3 Å². The zero-order valence-electron chi connectivity index (χ0n) is 15.2. The lowest BCUT2D eigenvalue weighted by Gasteiger charge is -2.35. The van der Waals surface area contributed by atoms with Gasteiger partial charge in [-0.25, -0.2) is 0 Å². The van der Waals surface area contributed by atoms with Crippen LogP contribution in [0.25, 0.3) is 0 Å². The molecule has 1 aliphatic carbocycles. The van der Waals surface area contributed by atoms with E-state index in [2.05, 4.69) is 5.32 Å². The highest BCUT2D eigenvalue weighted by Crippen LogP contribution is 2.38. The monoisotopic (exact) mass is 368 g/mol. The molecule has 25 heavy (non-hydrogen) atoms. The first-order valence-electron chi connectivity index (χ1n) is 8.99. The standard InChI is InChI=1S/C19H29ClN2O3/c1-3-25-18-15(20)9-14(10-16(18)24-2)12-22-17(23)11-19(13-21)7-5-4-6-8-19/h9-10H,3-8,11-13,21H2,1-2H3,(H,22,23). The van der Waals surface area contributed by atoms with Crippen molar-refractivity contribution in [2.24, 2.45) is 11.1 Å². The van der Waals surface area contributed by atoms with Gasteiger partial charge >= 0.3 is 0 Å². The molecule has 0 bridgehead atoms. The van der Waals surface area contributed by atoms with E-state index in [1.54, 1.807) is 13.2 Å². The fraction of sp³-hybridized carbons (Fsp3) is 0.632. The molecule has 0 radical (unpaired) electrons. The van der Waals surface area contributed by atoms with Gasteiger partial charge < -0.3 is 20.5 Å². The van der Waals surface area contributed by atoms with Gasteiger partial charge in [-0.2, -0.15) is 0 Å². The van der Waals surface area contributed by atoms with Crippen LogP contribution in [0.5, 0.6) is 11.5 Å². The number of nitrogens with one attached hydrogen (secondary N) is 1. The van der Waals surface area contributed by atoms with Crippen LogP contribution < -0.4 is 20.5 Å².